The molecule has 2 atom stereocenters. The highest BCUT2D eigenvalue weighted by molar-refractivity contribution is 5.16. The van der Waals surface area contributed by atoms with Crippen molar-refractivity contribution in [3.05, 3.63) is 35.9 Å². The smallest absolute Gasteiger partial charge is 0.0722 e. The van der Waals surface area contributed by atoms with Gasteiger partial charge >= 0.3 is 0 Å². The molecule has 0 amide bonds. The van der Waals surface area contributed by atoms with Gasteiger partial charge in [0.1, 0.15) is 0 Å². The van der Waals surface area contributed by atoms with Crippen LogP contribution in [0.4, 0.5) is 0 Å². The van der Waals surface area contributed by atoms with Gasteiger partial charge in [-0.15, -0.1) is 0 Å². The minimum Gasteiger partial charge on any atom is -0.391 e. The first-order valence-electron chi connectivity index (χ1n) is 7.25. The molecule has 1 aromatic rings. The van der Waals surface area contributed by atoms with Crippen LogP contribution >= 0.6 is 0 Å². The van der Waals surface area contributed by atoms with Crippen molar-refractivity contribution in [3.63, 3.8) is 0 Å². The lowest BCUT2D eigenvalue weighted by Crippen LogP contribution is -2.41. The molecule has 2 heteroatoms. The highest BCUT2D eigenvalue weighted by Gasteiger charge is 2.25. The van der Waals surface area contributed by atoms with Crippen LogP contribution in [0.1, 0.15) is 44.1 Å². The van der Waals surface area contributed by atoms with E-state index in [4.69, 9.17) is 5.73 Å². The molecule has 0 radical (unpaired) electrons. The van der Waals surface area contributed by atoms with Crippen LogP contribution < -0.4 is 5.73 Å². The van der Waals surface area contributed by atoms with E-state index in [0.717, 1.165) is 19.3 Å². The molecule has 1 saturated carbocycles. The first-order valence-corrected chi connectivity index (χ1v) is 7.25. The summed E-state index contributed by atoms with van der Waals surface area (Å²) >= 11 is 0. The van der Waals surface area contributed by atoms with Crippen LogP contribution in [0.3, 0.4) is 0 Å². The summed E-state index contributed by atoms with van der Waals surface area (Å²) in [5.74, 6) is 0.409. The Bertz CT molecular complexity index is 330. The maximum Gasteiger partial charge on any atom is 0.0722 e. The lowest BCUT2D eigenvalue weighted by molar-refractivity contribution is 0.0737. The van der Waals surface area contributed by atoms with E-state index in [1.807, 2.05) is 18.2 Å². The highest BCUT2D eigenvalue weighted by Crippen LogP contribution is 2.27. The van der Waals surface area contributed by atoms with Gasteiger partial charge in [-0.3, -0.25) is 0 Å². The third-order valence-electron chi connectivity index (χ3n) is 4.14. The second-order valence-corrected chi connectivity index (χ2v) is 5.60. The molecule has 18 heavy (non-hydrogen) atoms. The van der Waals surface area contributed by atoms with Gasteiger partial charge in [0, 0.05) is 6.04 Å². The van der Waals surface area contributed by atoms with Crippen molar-refractivity contribution in [2.75, 3.05) is 0 Å². The minimum atomic E-state index is -0.344. The largest absolute Gasteiger partial charge is 0.391 e. The van der Waals surface area contributed by atoms with Crippen LogP contribution in [0.15, 0.2) is 30.3 Å². The molecule has 100 valence electrons. The zero-order chi connectivity index (χ0) is 12.8. The molecular formula is C16H25NO. The maximum atomic E-state index is 10.4. The molecule has 1 aliphatic carbocycles. The van der Waals surface area contributed by atoms with Crippen LogP contribution in [0.2, 0.25) is 0 Å². The number of aliphatic hydroxyl groups is 1. The van der Waals surface area contributed by atoms with Crippen molar-refractivity contribution in [3.8, 4) is 0 Å². The fourth-order valence-electron chi connectivity index (χ4n) is 3.01. The third-order valence-corrected chi connectivity index (χ3v) is 4.14. The van der Waals surface area contributed by atoms with Crippen molar-refractivity contribution >= 4 is 0 Å². The van der Waals surface area contributed by atoms with E-state index < -0.39 is 0 Å². The Morgan fingerprint density at radius 2 is 1.67 bits per heavy atom. The van der Waals surface area contributed by atoms with Crippen LogP contribution in [0.5, 0.6) is 0 Å². The number of hydrogen-bond acceptors (Lipinski definition) is 2. The van der Waals surface area contributed by atoms with E-state index >= 15 is 0 Å². The van der Waals surface area contributed by atoms with Gasteiger partial charge in [-0.1, -0.05) is 56.0 Å². The van der Waals surface area contributed by atoms with Crippen LogP contribution in [0, 0.1) is 5.92 Å². The number of nitrogens with two attached hydrogens (primary N) is 1. The number of benzene rings is 1. The van der Waals surface area contributed by atoms with Gasteiger partial charge in [-0.2, -0.15) is 0 Å². The lowest BCUT2D eigenvalue weighted by atomic mass is 9.87. The van der Waals surface area contributed by atoms with Crippen molar-refractivity contribution in [2.45, 2.75) is 57.1 Å². The van der Waals surface area contributed by atoms with E-state index in [-0.39, 0.29) is 12.1 Å². The summed E-state index contributed by atoms with van der Waals surface area (Å²) in [5, 5.41) is 10.4. The zero-order valence-electron chi connectivity index (χ0n) is 11.1. The van der Waals surface area contributed by atoms with Gasteiger partial charge in [-0.25, -0.2) is 0 Å². The van der Waals surface area contributed by atoms with E-state index in [1.165, 1.54) is 31.2 Å². The van der Waals surface area contributed by atoms with Crippen LogP contribution in [-0.2, 0) is 6.42 Å². The second kappa shape index (κ2) is 6.91. The Balaban J connectivity index is 1.89. The molecule has 3 N–H and O–H groups in total. The summed E-state index contributed by atoms with van der Waals surface area (Å²) in [7, 11) is 0. The van der Waals surface area contributed by atoms with E-state index in [1.54, 1.807) is 0 Å². The molecule has 0 bridgehead atoms. The Kier molecular flexibility index (Phi) is 5.21. The first kappa shape index (κ1) is 13.6. The molecule has 0 saturated heterocycles. The van der Waals surface area contributed by atoms with Gasteiger partial charge in [0.2, 0.25) is 0 Å². The highest BCUT2D eigenvalue weighted by atomic mass is 16.3. The number of rotatable bonds is 4. The zero-order valence-corrected chi connectivity index (χ0v) is 11.1. The Hall–Kier alpha value is -0.860. The van der Waals surface area contributed by atoms with Crippen LogP contribution in [0.25, 0.3) is 0 Å². The van der Waals surface area contributed by atoms with Crippen molar-refractivity contribution in [2.24, 2.45) is 11.7 Å². The monoisotopic (exact) mass is 247 g/mol. The van der Waals surface area contributed by atoms with E-state index in [9.17, 15) is 5.11 Å². The molecule has 0 spiro atoms. The van der Waals surface area contributed by atoms with Gasteiger partial charge in [0.15, 0.2) is 0 Å². The Morgan fingerprint density at radius 3 is 2.28 bits per heavy atom. The molecule has 1 aliphatic rings. The second-order valence-electron chi connectivity index (χ2n) is 5.60. The van der Waals surface area contributed by atoms with Gasteiger partial charge in [0.25, 0.3) is 0 Å². The fraction of sp³-hybridized carbons (Fsp3) is 0.625. The van der Waals surface area contributed by atoms with Crippen molar-refractivity contribution in [1.82, 2.24) is 0 Å². The Morgan fingerprint density at radius 1 is 1.06 bits per heavy atom. The van der Waals surface area contributed by atoms with Gasteiger partial charge in [-0.05, 0) is 30.7 Å². The third kappa shape index (κ3) is 3.82. The summed E-state index contributed by atoms with van der Waals surface area (Å²) in [6.07, 6.45) is 7.85. The maximum absolute atomic E-state index is 10.4. The summed E-state index contributed by atoms with van der Waals surface area (Å²) in [5.41, 5.74) is 7.40. The van der Waals surface area contributed by atoms with E-state index in [0.29, 0.717) is 5.92 Å². The molecule has 0 aliphatic heterocycles. The fourth-order valence-corrected chi connectivity index (χ4v) is 3.01. The molecule has 0 aromatic heterocycles. The SMILES string of the molecule is NC(Cc1ccccc1)C(O)C1CCCCCC1. The molecule has 2 rings (SSSR count). The molecule has 1 aromatic carbocycles. The normalized spacial score (nSPS) is 21.2. The molecule has 1 fully saturated rings. The molecule has 0 heterocycles. The summed E-state index contributed by atoms with van der Waals surface area (Å²) in [4.78, 5) is 0. The predicted octanol–water partition coefficient (Wildman–Crippen LogP) is 2.89. The van der Waals surface area contributed by atoms with E-state index in [2.05, 4.69) is 12.1 Å². The van der Waals surface area contributed by atoms with Crippen molar-refractivity contribution in [1.29, 1.82) is 0 Å². The lowest BCUT2D eigenvalue weighted by Gasteiger charge is -2.26. The molecule has 2 unspecified atom stereocenters. The average Bonchev–Trinajstić information content (AvgIpc) is 2.68. The van der Waals surface area contributed by atoms with Gasteiger partial charge in [0.05, 0.1) is 6.10 Å². The number of hydrogen-bond donors (Lipinski definition) is 2. The molecular weight excluding hydrogens is 222 g/mol. The standard InChI is InChI=1S/C16H25NO/c17-15(12-13-8-4-3-5-9-13)16(18)14-10-6-1-2-7-11-14/h3-5,8-9,14-16,18H,1-2,6-7,10-12,17H2. The molecule has 2 nitrogen and oxygen atoms in total. The summed E-state index contributed by atoms with van der Waals surface area (Å²) in [6.45, 7) is 0. The number of aliphatic hydroxyl groups excluding tert-OH is 1. The minimum absolute atomic E-state index is 0.129. The van der Waals surface area contributed by atoms with Gasteiger partial charge < -0.3 is 10.8 Å². The van der Waals surface area contributed by atoms with Crippen LogP contribution in [-0.4, -0.2) is 17.3 Å². The first-order chi connectivity index (χ1) is 8.77. The Labute approximate surface area is 110 Å². The average molecular weight is 247 g/mol. The topological polar surface area (TPSA) is 46.2 Å². The summed E-state index contributed by atoms with van der Waals surface area (Å²) in [6, 6.07) is 10.1. The quantitative estimate of drug-likeness (QED) is 0.804. The van der Waals surface area contributed by atoms with Crippen molar-refractivity contribution < 1.29 is 5.11 Å². The summed E-state index contributed by atoms with van der Waals surface area (Å²) < 4.78 is 0. The predicted molar refractivity (Wildman–Crippen MR) is 75.3 cm³/mol.